The first-order valence-electron chi connectivity index (χ1n) is 11.0. The highest BCUT2D eigenvalue weighted by Gasteiger charge is 2.37. The highest BCUT2D eigenvalue weighted by atomic mass is 32.1. The summed E-state index contributed by atoms with van der Waals surface area (Å²) in [5.41, 5.74) is 12.2. The summed E-state index contributed by atoms with van der Waals surface area (Å²) in [6.45, 7) is 7.44. The molecule has 0 saturated carbocycles. The van der Waals surface area contributed by atoms with E-state index in [2.05, 4.69) is 9.69 Å². The number of nitrogen functional groups attached to an aromatic ring is 1. The van der Waals surface area contributed by atoms with Crippen molar-refractivity contribution in [3.05, 3.63) is 76.0 Å². The van der Waals surface area contributed by atoms with E-state index >= 15 is 0 Å². The largest absolute Gasteiger partial charge is 0.395 e. The van der Waals surface area contributed by atoms with Crippen LogP contribution in [0.4, 0.5) is 15.8 Å². The number of carbonyl (C=O) groups excluding carboxylic acids is 3. The van der Waals surface area contributed by atoms with Crippen LogP contribution in [0.25, 0.3) is 0 Å². The zero-order valence-electron chi connectivity index (χ0n) is 20.0. The maximum absolute atomic E-state index is 13.9. The van der Waals surface area contributed by atoms with Gasteiger partial charge in [0.15, 0.2) is 5.69 Å². The minimum atomic E-state index is -1.17. The zero-order valence-corrected chi connectivity index (χ0v) is 20.8. The van der Waals surface area contributed by atoms with Gasteiger partial charge in [-0.05, 0) is 74.1 Å². The van der Waals surface area contributed by atoms with E-state index in [1.165, 1.54) is 29.2 Å². The molecule has 2 aromatic carbocycles. The first-order valence-corrected chi connectivity index (χ1v) is 11.7. The van der Waals surface area contributed by atoms with Crippen molar-refractivity contribution in [2.45, 2.75) is 45.7 Å². The minimum absolute atomic E-state index is 0.0333. The number of aromatic nitrogens is 1. The lowest BCUT2D eigenvalue weighted by atomic mass is 10.00. The summed E-state index contributed by atoms with van der Waals surface area (Å²) in [5, 5.41) is 2.91. The van der Waals surface area contributed by atoms with Crippen LogP contribution in [-0.2, 0) is 11.2 Å². The number of primary amides is 1. The number of nitrogens with one attached hydrogen (secondary N) is 1. The van der Waals surface area contributed by atoms with E-state index in [4.69, 9.17) is 11.5 Å². The van der Waals surface area contributed by atoms with E-state index in [1.807, 2.05) is 39.8 Å². The Morgan fingerprint density at radius 3 is 2.17 bits per heavy atom. The highest BCUT2D eigenvalue weighted by molar-refractivity contribution is 7.09. The standard InChI is InChI=1S/C25H28FN5O3S/c1-5-14-6-12-17(13-7-14)31(24(34)21-18(27)19(22(28)32)30-35-21)20(23(33)29-25(2,3)4)15-8-10-16(26)11-9-15/h6-13,20H,5,27H2,1-4H3,(H2,28,32)(H,29,33). The van der Waals surface area contributed by atoms with Gasteiger partial charge in [0.25, 0.3) is 11.8 Å². The number of hydrogen-bond donors (Lipinski definition) is 3. The van der Waals surface area contributed by atoms with Crippen molar-refractivity contribution < 1.29 is 18.8 Å². The van der Waals surface area contributed by atoms with Gasteiger partial charge >= 0.3 is 0 Å². The first-order chi connectivity index (χ1) is 16.4. The van der Waals surface area contributed by atoms with Crippen molar-refractivity contribution in [1.82, 2.24) is 9.69 Å². The maximum atomic E-state index is 13.9. The lowest BCUT2D eigenvalue weighted by Gasteiger charge is -2.33. The van der Waals surface area contributed by atoms with Crippen molar-refractivity contribution in [1.29, 1.82) is 0 Å². The molecule has 3 aromatic rings. The molecule has 3 rings (SSSR count). The SMILES string of the molecule is CCc1ccc(N(C(=O)c2snc(C(N)=O)c2N)C(C(=O)NC(C)(C)C)c2ccc(F)cc2)cc1. The normalized spacial score (nSPS) is 12.1. The Kier molecular flexibility index (Phi) is 7.54. The van der Waals surface area contributed by atoms with E-state index in [0.29, 0.717) is 11.3 Å². The fourth-order valence-corrected chi connectivity index (χ4v) is 4.26. The quantitative estimate of drug-likeness (QED) is 0.457. The average Bonchev–Trinajstić information content (AvgIpc) is 3.18. The third-order valence-corrected chi connectivity index (χ3v) is 6.04. The number of nitrogens with two attached hydrogens (primary N) is 2. The molecule has 1 heterocycles. The summed E-state index contributed by atoms with van der Waals surface area (Å²) < 4.78 is 17.7. The van der Waals surface area contributed by atoms with Gasteiger partial charge < -0.3 is 16.8 Å². The minimum Gasteiger partial charge on any atom is -0.395 e. The van der Waals surface area contributed by atoms with Crippen molar-refractivity contribution >= 4 is 40.6 Å². The van der Waals surface area contributed by atoms with Gasteiger partial charge in [-0.2, -0.15) is 4.37 Å². The van der Waals surface area contributed by atoms with Crippen LogP contribution in [0, 0.1) is 5.82 Å². The molecule has 1 aromatic heterocycles. The number of benzene rings is 2. The Balaban J connectivity index is 2.23. The smallest absolute Gasteiger partial charge is 0.273 e. The molecule has 0 saturated heterocycles. The first kappa shape index (κ1) is 25.8. The number of nitrogens with zero attached hydrogens (tertiary/aromatic N) is 2. The molecular formula is C25H28FN5O3S. The van der Waals surface area contributed by atoms with Gasteiger partial charge in [0, 0.05) is 11.2 Å². The van der Waals surface area contributed by atoms with Crippen LogP contribution in [0.5, 0.6) is 0 Å². The number of rotatable bonds is 7. The zero-order chi connectivity index (χ0) is 25.9. The molecule has 1 unspecified atom stereocenters. The molecule has 184 valence electrons. The lowest BCUT2D eigenvalue weighted by Crippen LogP contribution is -2.49. The molecule has 10 heteroatoms. The predicted octanol–water partition coefficient (Wildman–Crippen LogP) is 3.83. The Labute approximate surface area is 207 Å². The summed E-state index contributed by atoms with van der Waals surface area (Å²) in [6.07, 6.45) is 0.782. The van der Waals surface area contributed by atoms with E-state index < -0.39 is 35.1 Å². The van der Waals surface area contributed by atoms with Gasteiger partial charge in [-0.15, -0.1) is 0 Å². The van der Waals surface area contributed by atoms with Gasteiger partial charge in [0.2, 0.25) is 5.91 Å². The van der Waals surface area contributed by atoms with Crippen LogP contribution in [0.1, 0.15) is 65.0 Å². The van der Waals surface area contributed by atoms with Crippen molar-refractivity contribution in [2.24, 2.45) is 5.73 Å². The second-order valence-corrected chi connectivity index (χ2v) is 9.80. The molecule has 5 N–H and O–H groups in total. The van der Waals surface area contributed by atoms with Crippen molar-refractivity contribution in [2.75, 3.05) is 10.6 Å². The Morgan fingerprint density at radius 2 is 1.69 bits per heavy atom. The van der Waals surface area contributed by atoms with E-state index in [1.54, 1.807) is 12.1 Å². The maximum Gasteiger partial charge on any atom is 0.273 e. The molecule has 1 atom stereocenters. The van der Waals surface area contributed by atoms with Gasteiger partial charge in [-0.1, -0.05) is 31.2 Å². The van der Waals surface area contributed by atoms with Gasteiger partial charge in [0.1, 0.15) is 16.7 Å². The van der Waals surface area contributed by atoms with Crippen molar-refractivity contribution in [3.8, 4) is 0 Å². The number of anilines is 2. The number of amides is 3. The van der Waals surface area contributed by atoms with Crippen LogP contribution in [0.15, 0.2) is 48.5 Å². The number of carbonyl (C=O) groups is 3. The summed E-state index contributed by atoms with van der Waals surface area (Å²) in [7, 11) is 0. The summed E-state index contributed by atoms with van der Waals surface area (Å²) in [4.78, 5) is 40.4. The fraction of sp³-hybridized carbons (Fsp3) is 0.280. The molecule has 0 aliphatic carbocycles. The third kappa shape index (κ3) is 5.83. The van der Waals surface area contributed by atoms with E-state index in [-0.39, 0.29) is 16.3 Å². The molecular weight excluding hydrogens is 469 g/mol. The van der Waals surface area contributed by atoms with Crippen LogP contribution < -0.4 is 21.7 Å². The third-order valence-electron chi connectivity index (χ3n) is 5.19. The molecule has 3 amide bonds. The molecule has 8 nitrogen and oxygen atoms in total. The van der Waals surface area contributed by atoms with Crippen LogP contribution in [-0.4, -0.2) is 27.6 Å². The Morgan fingerprint density at radius 1 is 1.09 bits per heavy atom. The second-order valence-electron chi connectivity index (χ2n) is 9.03. The molecule has 0 radical (unpaired) electrons. The van der Waals surface area contributed by atoms with Crippen molar-refractivity contribution in [3.63, 3.8) is 0 Å². The van der Waals surface area contributed by atoms with E-state index in [9.17, 15) is 18.8 Å². The monoisotopic (exact) mass is 497 g/mol. The molecule has 0 spiro atoms. The fourth-order valence-electron chi connectivity index (χ4n) is 3.52. The number of aryl methyl sites for hydroxylation is 1. The second kappa shape index (κ2) is 10.2. The predicted molar refractivity (Wildman–Crippen MR) is 135 cm³/mol. The highest BCUT2D eigenvalue weighted by Crippen LogP contribution is 2.33. The molecule has 0 fully saturated rings. The van der Waals surface area contributed by atoms with Crippen LogP contribution in [0.3, 0.4) is 0 Å². The van der Waals surface area contributed by atoms with Gasteiger partial charge in [0.05, 0.1) is 5.69 Å². The average molecular weight is 498 g/mol. The topological polar surface area (TPSA) is 131 Å². The summed E-state index contributed by atoms with van der Waals surface area (Å²) in [6, 6.07) is 11.3. The molecule has 0 bridgehead atoms. The van der Waals surface area contributed by atoms with Crippen LogP contribution >= 0.6 is 11.5 Å². The summed E-state index contributed by atoms with van der Waals surface area (Å²) >= 11 is 0.724. The number of hydrogen-bond acceptors (Lipinski definition) is 6. The van der Waals surface area contributed by atoms with E-state index in [0.717, 1.165) is 23.5 Å². The Bertz CT molecular complexity index is 1230. The molecule has 35 heavy (non-hydrogen) atoms. The van der Waals surface area contributed by atoms with Crippen LogP contribution in [0.2, 0.25) is 0 Å². The lowest BCUT2D eigenvalue weighted by molar-refractivity contribution is -0.123. The summed E-state index contributed by atoms with van der Waals surface area (Å²) in [5.74, 6) is -2.46. The van der Waals surface area contributed by atoms with Gasteiger partial charge in [-0.25, -0.2) is 4.39 Å². The Hall–Kier alpha value is -3.79. The van der Waals surface area contributed by atoms with Gasteiger partial charge in [-0.3, -0.25) is 19.3 Å². The molecule has 0 aliphatic heterocycles. The number of halogens is 1. The molecule has 0 aliphatic rings.